The second-order valence-electron chi connectivity index (χ2n) is 5.97. The standard InChI is InChI=1S/C20H14N4O2S/c1-13-16-12-17(27-20(16)24(22-13)14-6-3-2-4-7-14)19-21-18(26-23-19)10-9-15-8-5-11-25-15/h2-12H,1H3/b10-9+. The number of nitrogens with zero attached hydrogens (tertiary/aromatic N) is 4. The van der Waals surface area contributed by atoms with Gasteiger partial charge in [0.05, 0.1) is 22.5 Å². The lowest BCUT2D eigenvalue weighted by Crippen LogP contribution is -1.94. The van der Waals surface area contributed by atoms with Crippen molar-refractivity contribution in [1.82, 2.24) is 19.9 Å². The summed E-state index contributed by atoms with van der Waals surface area (Å²) in [6.07, 6.45) is 5.15. The molecule has 0 aliphatic heterocycles. The molecule has 5 rings (SSSR count). The average Bonchev–Trinajstić information content (AvgIpc) is 3.47. The van der Waals surface area contributed by atoms with Gasteiger partial charge in [0.1, 0.15) is 10.6 Å². The third-order valence-electron chi connectivity index (χ3n) is 4.14. The van der Waals surface area contributed by atoms with Gasteiger partial charge in [-0.05, 0) is 43.3 Å². The number of aromatic nitrogens is 4. The molecule has 0 atom stereocenters. The van der Waals surface area contributed by atoms with Gasteiger partial charge < -0.3 is 8.94 Å². The molecule has 0 amide bonds. The average molecular weight is 374 g/mol. The molecule has 4 aromatic heterocycles. The fourth-order valence-electron chi connectivity index (χ4n) is 2.84. The van der Waals surface area contributed by atoms with Crippen molar-refractivity contribution in [2.75, 3.05) is 0 Å². The molecule has 0 aliphatic carbocycles. The minimum Gasteiger partial charge on any atom is -0.465 e. The summed E-state index contributed by atoms with van der Waals surface area (Å²) in [5.41, 5.74) is 2.00. The fourth-order valence-corrected chi connectivity index (χ4v) is 3.95. The molecule has 0 unspecified atom stereocenters. The molecule has 27 heavy (non-hydrogen) atoms. The summed E-state index contributed by atoms with van der Waals surface area (Å²) >= 11 is 1.59. The zero-order valence-corrected chi connectivity index (χ0v) is 15.2. The maximum Gasteiger partial charge on any atom is 0.251 e. The first-order chi connectivity index (χ1) is 13.3. The van der Waals surface area contributed by atoms with E-state index in [1.54, 1.807) is 29.8 Å². The van der Waals surface area contributed by atoms with E-state index in [1.165, 1.54) is 0 Å². The summed E-state index contributed by atoms with van der Waals surface area (Å²) < 4.78 is 12.5. The van der Waals surface area contributed by atoms with Crippen molar-refractivity contribution < 1.29 is 8.94 Å². The minimum absolute atomic E-state index is 0.431. The van der Waals surface area contributed by atoms with Gasteiger partial charge in [-0.1, -0.05) is 23.4 Å². The van der Waals surface area contributed by atoms with Gasteiger partial charge in [-0.3, -0.25) is 0 Å². The molecule has 0 bridgehead atoms. The lowest BCUT2D eigenvalue weighted by atomic mass is 10.3. The highest BCUT2D eigenvalue weighted by molar-refractivity contribution is 7.21. The Kier molecular flexibility index (Phi) is 3.72. The van der Waals surface area contributed by atoms with Crippen LogP contribution in [-0.2, 0) is 0 Å². The summed E-state index contributed by atoms with van der Waals surface area (Å²) in [4.78, 5) is 6.46. The largest absolute Gasteiger partial charge is 0.465 e. The van der Waals surface area contributed by atoms with Crippen LogP contribution in [0.25, 0.3) is 38.8 Å². The number of para-hydroxylation sites is 1. The van der Waals surface area contributed by atoms with Crippen LogP contribution < -0.4 is 0 Å². The number of furan rings is 1. The van der Waals surface area contributed by atoms with Gasteiger partial charge in [0.25, 0.3) is 5.89 Å². The summed E-state index contributed by atoms with van der Waals surface area (Å²) in [5.74, 6) is 1.73. The van der Waals surface area contributed by atoms with Crippen molar-refractivity contribution in [3.05, 3.63) is 72.1 Å². The Morgan fingerprint density at radius 2 is 1.96 bits per heavy atom. The number of aryl methyl sites for hydroxylation is 1. The van der Waals surface area contributed by atoms with Crippen molar-refractivity contribution >= 4 is 33.7 Å². The first-order valence-corrected chi connectivity index (χ1v) is 9.20. The van der Waals surface area contributed by atoms with Crippen LogP contribution in [0, 0.1) is 6.92 Å². The number of thiophene rings is 1. The fraction of sp³-hybridized carbons (Fsp3) is 0.0500. The van der Waals surface area contributed by atoms with E-state index >= 15 is 0 Å². The second-order valence-corrected chi connectivity index (χ2v) is 7.00. The first kappa shape index (κ1) is 15.8. The molecule has 0 aliphatic rings. The van der Waals surface area contributed by atoms with Gasteiger partial charge in [0, 0.05) is 11.5 Å². The van der Waals surface area contributed by atoms with Crippen molar-refractivity contribution in [3.63, 3.8) is 0 Å². The van der Waals surface area contributed by atoms with Crippen LogP contribution in [0.4, 0.5) is 0 Å². The van der Waals surface area contributed by atoms with Gasteiger partial charge >= 0.3 is 0 Å². The van der Waals surface area contributed by atoms with E-state index in [0.717, 1.165) is 32.2 Å². The molecule has 1 aromatic carbocycles. The number of rotatable bonds is 4. The summed E-state index contributed by atoms with van der Waals surface area (Å²) in [6.45, 7) is 2.01. The predicted molar refractivity (Wildman–Crippen MR) is 105 cm³/mol. The molecule has 0 saturated carbocycles. The number of benzene rings is 1. The molecule has 0 spiro atoms. The number of hydrogen-bond donors (Lipinski definition) is 0. The Morgan fingerprint density at radius 3 is 2.78 bits per heavy atom. The van der Waals surface area contributed by atoms with E-state index in [2.05, 4.69) is 21.3 Å². The molecule has 132 valence electrons. The normalized spacial score (nSPS) is 11.7. The Balaban J connectivity index is 1.51. The van der Waals surface area contributed by atoms with Crippen molar-refractivity contribution in [3.8, 4) is 16.4 Å². The van der Waals surface area contributed by atoms with Gasteiger partial charge in [-0.15, -0.1) is 11.3 Å². The molecule has 5 aromatic rings. The smallest absolute Gasteiger partial charge is 0.251 e. The maximum absolute atomic E-state index is 5.33. The topological polar surface area (TPSA) is 69.9 Å². The Labute approximate surface area is 158 Å². The van der Waals surface area contributed by atoms with E-state index < -0.39 is 0 Å². The molecular formula is C20H14N4O2S. The van der Waals surface area contributed by atoms with E-state index in [4.69, 9.17) is 8.94 Å². The molecule has 0 fully saturated rings. The van der Waals surface area contributed by atoms with Gasteiger partial charge in [0.2, 0.25) is 5.82 Å². The number of hydrogen-bond acceptors (Lipinski definition) is 6. The monoisotopic (exact) mass is 374 g/mol. The SMILES string of the molecule is Cc1nn(-c2ccccc2)c2sc(-c3noc(/C=C/c4ccco4)n3)cc12. The van der Waals surface area contributed by atoms with E-state index in [-0.39, 0.29) is 0 Å². The van der Waals surface area contributed by atoms with E-state index in [9.17, 15) is 0 Å². The van der Waals surface area contributed by atoms with Crippen LogP contribution in [0.2, 0.25) is 0 Å². The van der Waals surface area contributed by atoms with Crippen LogP contribution in [0.15, 0.2) is 63.7 Å². The van der Waals surface area contributed by atoms with Crippen LogP contribution in [0.5, 0.6) is 0 Å². The van der Waals surface area contributed by atoms with E-state index in [1.807, 2.05) is 54.1 Å². The Morgan fingerprint density at radius 1 is 1.07 bits per heavy atom. The van der Waals surface area contributed by atoms with Crippen molar-refractivity contribution in [2.24, 2.45) is 0 Å². The Hall–Kier alpha value is -3.45. The maximum atomic E-state index is 5.33. The zero-order valence-electron chi connectivity index (χ0n) is 14.4. The quantitative estimate of drug-likeness (QED) is 0.432. The van der Waals surface area contributed by atoms with E-state index in [0.29, 0.717) is 11.7 Å². The molecule has 6 nitrogen and oxygen atoms in total. The number of fused-ring (bicyclic) bond motifs is 1. The molecule has 7 heteroatoms. The highest BCUT2D eigenvalue weighted by Gasteiger charge is 2.17. The lowest BCUT2D eigenvalue weighted by molar-refractivity contribution is 0.411. The highest BCUT2D eigenvalue weighted by atomic mass is 32.1. The van der Waals surface area contributed by atoms with Crippen molar-refractivity contribution in [2.45, 2.75) is 6.92 Å². The predicted octanol–water partition coefficient (Wildman–Crippen LogP) is 5.21. The second kappa shape index (κ2) is 6.37. The highest BCUT2D eigenvalue weighted by Crippen LogP contribution is 2.35. The van der Waals surface area contributed by atoms with Crippen LogP contribution in [-0.4, -0.2) is 19.9 Å². The third kappa shape index (κ3) is 2.88. The third-order valence-corrected chi connectivity index (χ3v) is 5.25. The molecule has 0 saturated heterocycles. The molecule has 4 heterocycles. The molecular weight excluding hydrogens is 360 g/mol. The zero-order chi connectivity index (χ0) is 18.2. The Bertz CT molecular complexity index is 1230. The van der Waals surface area contributed by atoms with Crippen LogP contribution in [0.1, 0.15) is 17.3 Å². The summed E-state index contributed by atoms with van der Waals surface area (Å²) in [6, 6.07) is 15.8. The molecule has 0 N–H and O–H groups in total. The summed E-state index contributed by atoms with van der Waals surface area (Å²) in [5, 5.41) is 9.86. The van der Waals surface area contributed by atoms with Crippen LogP contribution >= 0.6 is 11.3 Å². The first-order valence-electron chi connectivity index (χ1n) is 8.38. The minimum atomic E-state index is 0.431. The molecule has 0 radical (unpaired) electrons. The van der Waals surface area contributed by atoms with Crippen molar-refractivity contribution in [1.29, 1.82) is 0 Å². The van der Waals surface area contributed by atoms with Gasteiger partial charge in [0.15, 0.2) is 0 Å². The van der Waals surface area contributed by atoms with Gasteiger partial charge in [-0.25, -0.2) is 4.68 Å². The van der Waals surface area contributed by atoms with Crippen LogP contribution in [0.3, 0.4) is 0 Å². The summed E-state index contributed by atoms with van der Waals surface area (Å²) in [7, 11) is 0. The van der Waals surface area contributed by atoms with Gasteiger partial charge in [-0.2, -0.15) is 10.1 Å². The lowest BCUT2D eigenvalue weighted by Gasteiger charge is -2.00.